The van der Waals surface area contributed by atoms with E-state index in [1.54, 1.807) is 0 Å². The molecule has 0 radical (unpaired) electrons. The van der Waals surface area contributed by atoms with Gasteiger partial charge in [-0.3, -0.25) is 0 Å². The third-order valence-electron chi connectivity index (χ3n) is 4.47. The van der Waals surface area contributed by atoms with Gasteiger partial charge >= 0.3 is 0 Å². The fourth-order valence-electron chi connectivity index (χ4n) is 2.74. The van der Waals surface area contributed by atoms with E-state index in [9.17, 15) is 0 Å². The van der Waals surface area contributed by atoms with Crippen LogP contribution in [0, 0.1) is 0 Å². The van der Waals surface area contributed by atoms with E-state index in [4.69, 9.17) is 9.97 Å². The summed E-state index contributed by atoms with van der Waals surface area (Å²) in [6, 6.07) is 0. The summed E-state index contributed by atoms with van der Waals surface area (Å²) >= 11 is 0. The van der Waals surface area contributed by atoms with Gasteiger partial charge in [-0.25, -0.2) is 9.97 Å². The fraction of sp³-hybridized carbons (Fsp3) is 0.714. The van der Waals surface area contributed by atoms with E-state index < -0.39 is 0 Å². The minimum Gasteiger partial charge on any atom is -0.312 e. The van der Waals surface area contributed by atoms with Crippen LogP contribution in [0.5, 0.6) is 0 Å². The van der Waals surface area contributed by atoms with Gasteiger partial charge in [-0.05, 0) is 25.7 Å². The number of nitrogens with one attached hydrogen (secondary N) is 1. The van der Waals surface area contributed by atoms with E-state index in [0.29, 0.717) is 5.41 Å². The smallest absolute Gasteiger partial charge is 0.134 e. The largest absolute Gasteiger partial charge is 0.312 e. The van der Waals surface area contributed by atoms with Crippen LogP contribution >= 0.6 is 0 Å². The quantitative estimate of drug-likeness (QED) is 0.843. The van der Waals surface area contributed by atoms with Crippen molar-refractivity contribution in [3.63, 3.8) is 0 Å². The van der Waals surface area contributed by atoms with Gasteiger partial charge in [0.25, 0.3) is 0 Å². The molecule has 0 unspecified atom stereocenters. The number of hydrogen-bond donors (Lipinski definition) is 1. The Hall–Kier alpha value is -0.960. The highest BCUT2D eigenvalue weighted by molar-refractivity contribution is 5.35. The summed E-state index contributed by atoms with van der Waals surface area (Å²) in [6.45, 7) is 4.37. The van der Waals surface area contributed by atoms with Gasteiger partial charge in [0.05, 0.1) is 11.4 Å². The lowest BCUT2D eigenvalue weighted by atomic mass is 10.0. The van der Waals surface area contributed by atoms with Gasteiger partial charge in [-0.15, -0.1) is 0 Å². The zero-order valence-electron chi connectivity index (χ0n) is 10.4. The van der Waals surface area contributed by atoms with Crippen molar-refractivity contribution in [1.82, 2.24) is 15.3 Å². The molecule has 0 aromatic carbocycles. The van der Waals surface area contributed by atoms with E-state index in [2.05, 4.69) is 12.2 Å². The molecule has 0 bridgehead atoms. The summed E-state index contributed by atoms with van der Waals surface area (Å²) in [6.07, 6.45) is 6.29. The zero-order valence-corrected chi connectivity index (χ0v) is 10.4. The molecule has 1 aromatic rings. The van der Waals surface area contributed by atoms with Crippen molar-refractivity contribution < 1.29 is 0 Å². The summed E-state index contributed by atoms with van der Waals surface area (Å²) in [5.41, 5.74) is 4.45. The lowest BCUT2D eigenvalue weighted by Gasteiger charge is -2.21. The summed E-state index contributed by atoms with van der Waals surface area (Å²) in [5.74, 6) is 1.88. The average molecular weight is 229 g/mol. The molecule has 1 N–H and O–H groups in total. The molecule has 3 heteroatoms. The number of fused-ring (bicyclic) bond motifs is 1. The Balaban J connectivity index is 1.85. The molecule has 1 aromatic heterocycles. The highest BCUT2D eigenvalue weighted by Gasteiger charge is 2.43. The SMILES string of the molecule is CC1(c2nc3c(c(C4CC4)n2)CNCC3)CC1. The van der Waals surface area contributed by atoms with E-state index in [1.165, 1.54) is 42.6 Å². The topological polar surface area (TPSA) is 37.8 Å². The zero-order chi connectivity index (χ0) is 11.5. The van der Waals surface area contributed by atoms with Crippen molar-refractivity contribution >= 4 is 0 Å². The predicted molar refractivity (Wildman–Crippen MR) is 66.0 cm³/mol. The Morgan fingerprint density at radius 3 is 2.76 bits per heavy atom. The molecular formula is C14H19N3. The molecular weight excluding hydrogens is 210 g/mol. The van der Waals surface area contributed by atoms with E-state index in [-0.39, 0.29) is 0 Å². The molecule has 2 fully saturated rings. The molecule has 2 heterocycles. The van der Waals surface area contributed by atoms with Crippen molar-refractivity contribution in [2.75, 3.05) is 6.54 Å². The van der Waals surface area contributed by atoms with Gasteiger partial charge in [0.1, 0.15) is 5.82 Å². The standard InChI is InChI=1S/C14H19N3/c1-14(5-6-14)13-16-11-4-7-15-8-10(11)12(17-13)9-2-3-9/h9,15H,2-8H2,1H3. The second kappa shape index (κ2) is 3.29. The number of aromatic nitrogens is 2. The van der Waals surface area contributed by atoms with Crippen LogP contribution < -0.4 is 5.32 Å². The van der Waals surface area contributed by atoms with Crippen molar-refractivity contribution in [2.24, 2.45) is 0 Å². The highest BCUT2D eigenvalue weighted by atomic mass is 15.0. The first-order valence-electron chi connectivity index (χ1n) is 6.87. The normalized spacial score (nSPS) is 25.5. The lowest BCUT2D eigenvalue weighted by Crippen LogP contribution is -2.28. The maximum atomic E-state index is 4.93. The van der Waals surface area contributed by atoms with Gasteiger partial charge in [0.2, 0.25) is 0 Å². The monoisotopic (exact) mass is 229 g/mol. The van der Waals surface area contributed by atoms with Crippen molar-refractivity contribution in [2.45, 2.75) is 56.9 Å². The van der Waals surface area contributed by atoms with Crippen LogP contribution in [0.2, 0.25) is 0 Å². The highest BCUT2D eigenvalue weighted by Crippen LogP contribution is 2.48. The van der Waals surface area contributed by atoms with Crippen LogP contribution in [0.3, 0.4) is 0 Å². The van der Waals surface area contributed by atoms with Crippen LogP contribution in [-0.4, -0.2) is 16.5 Å². The van der Waals surface area contributed by atoms with Crippen LogP contribution in [-0.2, 0) is 18.4 Å². The van der Waals surface area contributed by atoms with Crippen LogP contribution in [0.4, 0.5) is 0 Å². The molecule has 2 saturated carbocycles. The van der Waals surface area contributed by atoms with Crippen molar-refractivity contribution in [1.29, 1.82) is 0 Å². The third-order valence-corrected chi connectivity index (χ3v) is 4.47. The van der Waals surface area contributed by atoms with Crippen LogP contribution in [0.1, 0.15) is 61.3 Å². The number of hydrogen-bond acceptors (Lipinski definition) is 3. The molecule has 3 aliphatic rings. The summed E-state index contributed by atoms with van der Waals surface area (Å²) in [4.78, 5) is 9.80. The Morgan fingerprint density at radius 1 is 1.24 bits per heavy atom. The Labute approximate surface area is 102 Å². The predicted octanol–water partition coefficient (Wildman–Crippen LogP) is 2.05. The molecule has 1 aliphatic heterocycles. The molecule has 0 saturated heterocycles. The molecule has 4 rings (SSSR count). The summed E-state index contributed by atoms with van der Waals surface area (Å²) in [5, 5.41) is 3.46. The maximum absolute atomic E-state index is 4.93. The fourth-order valence-corrected chi connectivity index (χ4v) is 2.74. The van der Waals surface area contributed by atoms with Crippen molar-refractivity contribution in [3.05, 3.63) is 22.8 Å². The van der Waals surface area contributed by atoms with E-state index in [1.807, 2.05) is 0 Å². The van der Waals surface area contributed by atoms with Gasteiger partial charge in [0.15, 0.2) is 0 Å². The Kier molecular flexibility index (Phi) is 1.93. The van der Waals surface area contributed by atoms with Gasteiger partial charge in [-0.2, -0.15) is 0 Å². The van der Waals surface area contributed by atoms with E-state index in [0.717, 1.165) is 31.3 Å². The first-order chi connectivity index (χ1) is 8.26. The van der Waals surface area contributed by atoms with Gasteiger partial charge in [0, 0.05) is 36.4 Å². The second-order valence-electron chi connectivity index (χ2n) is 6.12. The van der Waals surface area contributed by atoms with Crippen molar-refractivity contribution in [3.8, 4) is 0 Å². The number of rotatable bonds is 2. The van der Waals surface area contributed by atoms with Gasteiger partial charge < -0.3 is 5.32 Å². The molecule has 0 spiro atoms. The van der Waals surface area contributed by atoms with E-state index >= 15 is 0 Å². The molecule has 90 valence electrons. The lowest BCUT2D eigenvalue weighted by molar-refractivity contribution is 0.594. The average Bonchev–Trinajstić information content (AvgIpc) is 3.23. The number of nitrogens with zero attached hydrogens (tertiary/aromatic N) is 2. The summed E-state index contributed by atoms with van der Waals surface area (Å²) in [7, 11) is 0. The molecule has 3 nitrogen and oxygen atoms in total. The first-order valence-corrected chi connectivity index (χ1v) is 6.87. The van der Waals surface area contributed by atoms with Crippen LogP contribution in [0.15, 0.2) is 0 Å². The van der Waals surface area contributed by atoms with Crippen LogP contribution in [0.25, 0.3) is 0 Å². The Morgan fingerprint density at radius 2 is 2.06 bits per heavy atom. The molecule has 17 heavy (non-hydrogen) atoms. The minimum absolute atomic E-state index is 0.309. The molecule has 0 amide bonds. The summed E-state index contributed by atoms with van der Waals surface area (Å²) < 4.78 is 0. The second-order valence-corrected chi connectivity index (χ2v) is 6.12. The minimum atomic E-state index is 0.309. The first kappa shape index (κ1) is 10.0. The molecule has 2 aliphatic carbocycles. The van der Waals surface area contributed by atoms with Gasteiger partial charge in [-0.1, -0.05) is 6.92 Å². The third kappa shape index (κ3) is 1.60. The molecule has 0 atom stereocenters. The Bertz CT molecular complexity index is 473. The maximum Gasteiger partial charge on any atom is 0.134 e.